The van der Waals surface area contributed by atoms with Gasteiger partial charge in [-0.05, 0) is 22.2 Å². The van der Waals surface area contributed by atoms with Gasteiger partial charge in [0.25, 0.3) is 0 Å². The molecule has 52 valence electrons. The monoisotopic (exact) mass is 144 g/mol. The molecule has 2 unspecified atom stereocenters. The van der Waals surface area contributed by atoms with Crippen LogP contribution in [-0.4, -0.2) is 12.3 Å². The Hall–Kier alpha value is 0.0600. The highest BCUT2D eigenvalue weighted by molar-refractivity contribution is 7.14. The molecule has 0 heterocycles. The molecule has 1 saturated carbocycles. The van der Waals surface area contributed by atoms with Gasteiger partial charge in [0.1, 0.15) is 0 Å². The van der Waals surface area contributed by atoms with Crippen molar-refractivity contribution in [3.63, 3.8) is 0 Å². The number of rotatable bonds is 1. The van der Waals surface area contributed by atoms with Crippen molar-refractivity contribution in [3.8, 4) is 0 Å². The van der Waals surface area contributed by atoms with Gasteiger partial charge in [-0.3, -0.25) is 4.76 Å². The summed E-state index contributed by atoms with van der Waals surface area (Å²) in [7, 11) is 2.34. The first-order chi connectivity index (χ1) is 4.34. The van der Waals surface area contributed by atoms with E-state index in [2.05, 4.69) is 14.2 Å². The third kappa shape index (κ3) is 1.74. The normalized spacial score (nSPS) is 36.2. The van der Waals surface area contributed by atoms with Crippen LogP contribution in [0.3, 0.4) is 0 Å². The molecule has 1 rings (SSSR count). The second-order valence-electron chi connectivity index (χ2n) is 2.56. The van der Waals surface area contributed by atoms with E-state index < -0.39 is 0 Å². The van der Waals surface area contributed by atoms with Gasteiger partial charge in [0.05, 0.1) is 0 Å². The molecular formula is C6H13N2P. The second kappa shape index (κ2) is 3.28. The van der Waals surface area contributed by atoms with E-state index in [-0.39, 0.29) is 0 Å². The van der Waals surface area contributed by atoms with Gasteiger partial charge in [-0.1, -0.05) is 6.42 Å². The van der Waals surface area contributed by atoms with E-state index in [9.17, 15) is 0 Å². The van der Waals surface area contributed by atoms with Crippen LogP contribution in [0.25, 0.3) is 0 Å². The van der Waals surface area contributed by atoms with Gasteiger partial charge in [0, 0.05) is 18.2 Å². The maximum absolute atomic E-state index is 5.76. The Morgan fingerprint density at radius 1 is 1.56 bits per heavy atom. The summed E-state index contributed by atoms with van der Waals surface area (Å²) in [6.45, 7) is 0. The zero-order valence-electron chi connectivity index (χ0n) is 5.46. The smallest absolute Gasteiger partial charge is 0.0117 e. The zero-order chi connectivity index (χ0) is 6.69. The SMILES string of the molecule is N[C@@H]1CCCC1C=NP. The quantitative estimate of drug-likeness (QED) is 0.432. The Morgan fingerprint density at radius 2 is 2.33 bits per heavy atom. The molecule has 2 N–H and O–H groups in total. The molecule has 0 spiro atoms. The minimum atomic E-state index is 0.370. The Kier molecular flexibility index (Phi) is 2.62. The molecular weight excluding hydrogens is 131 g/mol. The van der Waals surface area contributed by atoms with Gasteiger partial charge in [0.2, 0.25) is 0 Å². The van der Waals surface area contributed by atoms with E-state index >= 15 is 0 Å². The second-order valence-corrected chi connectivity index (χ2v) is 2.85. The predicted octanol–water partition coefficient (Wildman–Crippen LogP) is 0.975. The first-order valence-corrected chi connectivity index (χ1v) is 3.85. The lowest BCUT2D eigenvalue weighted by Gasteiger charge is -2.07. The van der Waals surface area contributed by atoms with Crippen molar-refractivity contribution >= 4 is 15.6 Å². The van der Waals surface area contributed by atoms with Gasteiger partial charge >= 0.3 is 0 Å². The Morgan fingerprint density at radius 3 is 2.78 bits per heavy atom. The van der Waals surface area contributed by atoms with Crippen LogP contribution in [-0.2, 0) is 0 Å². The Labute approximate surface area is 58.2 Å². The molecule has 0 aliphatic heterocycles. The molecule has 0 aromatic heterocycles. The molecule has 9 heavy (non-hydrogen) atoms. The van der Waals surface area contributed by atoms with Crippen LogP contribution in [0.2, 0.25) is 0 Å². The topological polar surface area (TPSA) is 38.4 Å². The number of nitrogens with zero attached hydrogens (tertiary/aromatic N) is 1. The minimum Gasteiger partial charge on any atom is -0.327 e. The van der Waals surface area contributed by atoms with Crippen molar-refractivity contribution < 1.29 is 0 Å². The largest absolute Gasteiger partial charge is 0.327 e. The fourth-order valence-corrected chi connectivity index (χ4v) is 1.53. The number of hydrogen-bond acceptors (Lipinski definition) is 2. The summed E-state index contributed by atoms with van der Waals surface area (Å²) in [5.41, 5.74) is 5.76. The molecule has 1 fully saturated rings. The molecule has 0 saturated heterocycles. The number of hydrogen-bond donors (Lipinski definition) is 1. The first kappa shape index (κ1) is 7.17. The molecule has 3 atom stereocenters. The van der Waals surface area contributed by atoms with Gasteiger partial charge in [-0.25, -0.2) is 0 Å². The van der Waals surface area contributed by atoms with E-state index in [4.69, 9.17) is 5.73 Å². The molecule has 0 amide bonds. The summed E-state index contributed by atoms with van der Waals surface area (Å²) in [4.78, 5) is 0. The fourth-order valence-electron chi connectivity index (χ4n) is 1.31. The molecule has 3 heteroatoms. The average Bonchev–Trinajstić information content (AvgIpc) is 2.18. The molecule has 1 aliphatic carbocycles. The molecule has 0 bridgehead atoms. The van der Waals surface area contributed by atoms with Crippen LogP contribution in [0.4, 0.5) is 0 Å². The highest BCUT2D eigenvalue weighted by Crippen LogP contribution is 2.22. The lowest BCUT2D eigenvalue weighted by Crippen LogP contribution is -2.24. The summed E-state index contributed by atoms with van der Waals surface area (Å²) < 4.78 is 3.88. The lowest BCUT2D eigenvalue weighted by molar-refractivity contribution is 0.623. The third-order valence-electron chi connectivity index (χ3n) is 1.90. The summed E-state index contributed by atoms with van der Waals surface area (Å²) in [6, 6.07) is 0.370. The lowest BCUT2D eigenvalue weighted by atomic mass is 10.1. The summed E-state index contributed by atoms with van der Waals surface area (Å²) in [5, 5.41) is 0. The van der Waals surface area contributed by atoms with Crippen LogP contribution in [0.5, 0.6) is 0 Å². The van der Waals surface area contributed by atoms with Gasteiger partial charge in [0.15, 0.2) is 0 Å². The van der Waals surface area contributed by atoms with Crippen LogP contribution in [0.1, 0.15) is 19.3 Å². The van der Waals surface area contributed by atoms with Crippen molar-refractivity contribution in [2.45, 2.75) is 25.3 Å². The molecule has 2 nitrogen and oxygen atoms in total. The average molecular weight is 144 g/mol. The van der Waals surface area contributed by atoms with Crippen molar-refractivity contribution in [1.82, 2.24) is 0 Å². The molecule has 0 aromatic rings. The van der Waals surface area contributed by atoms with E-state index in [0.717, 1.165) is 0 Å². The summed E-state index contributed by atoms with van der Waals surface area (Å²) >= 11 is 0. The first-order valence-electron chi connectivity index (χ1n) is 3.33. The maximum Gasteiger partial charge on any atom is 0.0117 e. The van der Waals surface area contributed by atoms with Crippen molar-refractivity contribution in [3.05, 3.63) is 0 Å². The highest BCUT2D eigenvalue weighted by atomic mass is 31.0. The fraction of sp³-hybridized carbons (Fsp3) is 0.833. The molecule has 0 aromatic carbocycles. The van der Waals surface area contributed by atoms with E-state index in [0.29, 0.717) is 12.0 Å². The standard InChI is InChI=1S/C6H13N2P/c7-6-3-1-2-5(6)4-8-9/h4-6H,1-3,7,9H2/t5?,6-/m1/s1. The van der Waals surface area contributed by atoms with Crippen LogP contribution < -0.4 is 5.73 Å². The van der Waals surface area contributed by atoms with Crippen molar-refractivity contribution in [1.29, 1.82) is 0 Å². The van der Waals surface area contributed by atoms with E-state index in [1.165, 1.54) is 19.3 Å². The number of nitrogens with two attached hydrogens (primary N) is 1. The third-order valence-corrected chi connectivity index (χ3v) is 2.07. The Balaban J connectivity index is 2.39. The van der Waals surface area contributed by atoms with Gasteiger partial charge in [-0.2, -0.15) is 0 Å². The molecule has 0 radical (unpaired) electrons. The summed E-state index contributed by atoms with van der Waals surface area (Å²) in [6.07, 6.45) is 5.60. The van der Waals surface area contributed by atoms with Crippen molar-refractivity contribution in [2.75, 3.05) is 0 Å². The van der Waals surface area contributed by atoms with Crippen LogP contribution in [0, 0.1) is 5.92 Å². The molecule has 1 aliphatic rings. The maximum atomic E-state index is 5.76. The van der Waals surface area contributed by atoms with Crippen LogP contribution in [0.15, 0.2) is 4.76 Å². The highest BCUT2D eigenvalue weighted by Gasteiger charge is 2.21. The predicted molar refractivity (Wildman–Crippen MR) is 43.5 cm³/mol. The van der Waals surface area contributed by atoms with Gasteiger partial charge in [-0.15, -0.1) is 0 Å². The van der Waals surface area contributed by atoms with Gasteiger partial charge < -0.3 is 5.73 Å². The van der Waals surface area contributed by atoms with E-state index in [1.807, 2.05) is 6.21 Å². The summed E-state index contributed by atoms with van der Waals surface area (Å²) in [5.74, 6) is 0.544. The van der Waals surface area contributed by atoms with Crippen molar-refractivity contribution in [2.24, 2.45) is 16.4 Å². The zero-order valence-corrected chi connectivity index (χ0v) is 6.61. The minimum absolute atomic E-state index is 0.370. The Bertz CT molecular complexity index is 114. The van der Waals surface area contributed by atoms with Crippen LogP contribution >= 0.6 is 9.39 Å². The van der Waals surface area contributed by atoms with E-state index in [1.54, 1.807) is 0 Å².